The van der Waals surface area contributed by atoms with Crippen molar-refractivity contribution < 1.29 is 13.2 Å². The lowest BCUT2D eigenvalue weighted by atomic mass is 10.1. The van der Waals surface area contributed by atoms with Gasteiger partial charge in [-0.25, -0.2) is 8.42 Å². The van der Waals surface area contributed by atoms with Crippen molar-refractivity contribution in [1.29, 1.82) is 0 Å². The van der Waals surface area contributed by atoms with Crippen LogP contribution in [0, 0.1) is 0 Å². The monoisotopic (exact) mass is 352 g/mol. The highest BCUT2D eigenvalue weighted by molar-refractivity contribution is 7.91. The number of thiophene rings is 1. The minimum Gasteiger partial charge on any atom is -0.338 e. The first-order valence-electron chi connectivity index (χ1n) is 7.14. The highest BCUT2D eigenvalue weighted by Gasteiger charge is 2.26. The van der Waals surface area contributed by atoms with Crippen molar-refractivity contribution in [3.05, 3.63) is 53.4 Å². The first-order valence-corrected chi connectivity index (χ1v) is 9.46. The molecule has 0 aliphatic rings. The third-order valence-electron chi connectivity index (χ3n) is 3.77. The van der Waals surface area contributed by atoms with Gasteiger partial charge in [-0.2, -0.15) is 4.31 Å². The Balaban J connectivity index is 2.06. The van der Waals surface area contributed by atoms with E-state index in [4.69, 9.17) is 0 Å². The van der Waals surface area contributed by atoms with E-state index < -0.39 is 10.0 Å². The van der Waals surface area contributed by atoms with Gasteiger partial charge in [-0.1, -0.05) is 36.4 Å². The second-order valence-corrected chi connectivity index (χ2v) is 8.50. The van der Waals surface area contributed by atoms with Crippen molar-refractivity contribution in [2.24, 2.45) is 0 Å². The smallest absolute Gasteiger partial charge is 0.252 e. The van der Waals surface area contributed by atoms with Gasteiger partial charge in [0.05, 0.1) is 12.6 Å². The topological polar surface area (TPSA) is 57.7 Å². The van der Waals surface area contributed by atoms with Crippen LogP contribution >= 0.6 is 11.3 Å². The van der Waals surface area contributed by atoms with Gasteiger partial charge in [0.15, 0.2) is 0 Å². The molecule has 5 nitrogen and oxygen atoms in total. The van der Waals surface area contributed by atoms with E-state index in [0.717, 1.165) is 21.2 Å². The number of hydrogen-bond donors (Lipinski definition) is 0. The Morgan fingerprint density at radius 2 is 1.78 bits per heavy atom. The van der Waals surface area contributed by atoms with Crippen LogP contribution in [0.1, 0.15) is 18.5 Å². The molecule has 0 radical (unpaired) electrons. The number of rotatable bonds is 6. The molecule has 0 aliphatic carbocycles. The molecule has 1 unspecified atom stereocenters. The average Bonchev–Trinajstić information content (AvgIpc) is 3.09. The van der Waals surface area contributed by atoms with Crippen LogP contribution in [-0.2, 0) is 14.8 Å². The SMILES string of the molecule is CC(c1ccccc1)N(C)C(=O)CN(C)S(=O)(=O)c1cccs1. The second kappa shape index (κ2) is 7.25. The lowest BCUT2D eigenvalue weighted by Crippen LogP contribution is -2.40. The van der Waals surface area contributed by atoms with Crippen LogP contribution in [-0.4, -0.2) is 44.2 Å². The van der Waals surface area contributed by atoms with Crippen molar-refractivity contribution in [2.75, 3.05) is 20.6 Å². The summed E-state index contributed by atoms with van der Waals surface area (Å²) in [6.07, 6.45) is 0. The Bertz CT molecular complexity index is 743. The Labute approximate surface area is 141 Å². The summed E-state index contributed by atoms with van der Waals surface area (Å²) < 4.78 is 26.0. The number of carbonyl (C=O) groups excluding carboxylic acids is 1. The van der Waals surface area contributed by atoms with Crippen LogP contribution in [0.4, 0.5) is 0 Å². The fourth-order valence-corrected chi connectivity index (χ4v) is 4.44. The molecule has 1 heterocycles. The van der Waals surface area contributed by atoms with Crippen LogP contribution in [0.2, 0.25) is 0 Å². The number of likely N-dealkylation sites (N-methyl/N-ethyl adjacent to an activating group) is 2. The molecule has 0 spiro atoms. The molecule has 0 saturated carbocycles. The molecule has 2 rings (SSSR count). The summed E-state index contributed by atoms with van der Waals surface area (Å²) in [5.41, 5.74) is 1.01. The Morgan fingerprint density at radius 3 is 2.35 bits per heavy atom. The van der Waals surface area contributed by atoms with E-state index in [-0.39, 0.29) is 22.7 Å². The summed E-state index contributed by atoms with van der Waals surface area (Å²) >= 11 is 1.14. The molecule has 124 valence electrons. The number of nitrogens with zero attached hydrogens (tertiary/aromatic N) is 2. The molecule has 23 heavy (non-hydrogen) atoms. The predicted octanol–water partition coefficient (Wildman–Crippen LogP) is 2.59. The van der Waals surface area contributed by atoms with Crippen molar-refractivity contribution in [1.82, 2.24) is 9.21 Å². The molecule has 0 N–H and O–H groups in total. The molecule has 2 aromatic rings. The largest absolute Gasteiger partial charge is 0.338 e. The van der Waals surface area contributed by atoms with Gasteiger partial charge in [0, 0.05) is 14.1 Å². The van der Waals surface area contributed by atoms with Gasteiger partial charge in [0.25, 0.3) is 10.0 Å². The fourth-order valence-electron chi connectivity index (χ4n) is 2.12. The molecule has 0 aliphatic heterocycles. The number of hydrogen-bond acceptors (Lipinski definition) is 4. The molecule has 1 atom stereocenters. The maximum atomic E-state index is 12.4. The van der Waals surface area contributed by atoms with Gasteiger partial charge in [-0.15, -0.1) is 11.3 Å². The molecule has 1 aromatic heterocycles. The standard InChI is InChI=1S/C16H20N2O3S2/c1-13(14-8-5-4-6-9-14)18(3)15(19)12-17(2)23(20,21)16-10-7-11-22-16/h4-11,13H,12H2,1-3H3. The third kappa shape index (κ3) is 3.99. The van der Waals surface area contributed by atoms with Gasteiger partial charge in [0.1, 0.15) is 4.21 Å². The summed E-state index contributed by atoms with van der Waals surface area (Å²) in [7, 11) is -0.500. The van der Waals surface area contributed by atoms with Crippen LogP contribution in [0.25, 0.3) is 0 Å². The number of sulfonamides is 1. The van der Waals surface area contributed by atoms with Gasteiger partial charge < -0.3 is 4.90 Å². The summed E-state index contributed by atoms with van der Waals surface area (Å²) in [5.74, 6) is -0.246. The Morgan fingerprint density at radius 1 is 1.13 bits per heavy atom. The zero-order valence-electron chi connectivity index (χ0n) is 13.3. The lowest BCUT2D eigenvalue weighted by molar-refractivity contribution is -0.131. The molecule has 7 heteroatoms. The normalized spacial score (nSPS) is 13.0. The molecule has 0 fully saturated rings. The first-order chi connectivity index (χ1) is 10.8. The van der Waals surface area contributed by atoms with E-state index in [9.17, 15) is 13.2 Å². The summed E-state index contributed by atoms with van der Waals surface area (Å²) in [4.78, 5) is 14.0. The maximum absolute atomic E-state index is 12.4. The predicted molar refractivity (Wildman–Crippen MR) is 91.8 cm³/mol. The zero-order chi connectivity index (χ0) is 17.0. The summed E-state index contributed by atoms with van der Waals surface area (Å²) in [5, 5.41) is 1.70. The molecule has 1 amide bonds. The Hall–Kier alpha value is -1.70. The van der Waals surface area contributed by atoms with Crippen LogP contribution < -0.4 is 0 Å². The highest BCUT2D eigenvalue weighted by Crippen LogP contribution is 2.21. The van der Waals surface area contributed by atoms with Crippen molar-refractivity contribution in [3.8, 4) is 0 Å². The molecule has 1 aromatic carbocycles. The third-order valence-corrected chi connectivity index (χ3v) is 6.95. The van der Waals surface area contributed by atoms with Crippen LogP contribution in [0.3, 0.4) is 0 Å². The second-order valence-electron chi connectivity index (χ2n) is 5.28. The average molecular weight is 352 g/mol. The van der Waals surface area contributed by atoms with E-state index in [2.05, 4.69) is 0 Å². The minimum atomic E-state index is -3.61. The van der Waals surface area contributed by atoms with Crippen molar-refractivity contribution in [2.45, 2.75) is 17.2 Å². The maximum Gasteiger partial charge on any atom is 0.252 e. The molecule has 0 bridgehead atoms. The van der Waals surface area contributed by atoms with Crippen molar-refractivity contribution >= 4 is 27.3 Å². The summed E-state index contributed by atoms with van der Waals surface area (Å²) in [6.45, 7) is 1.73. The highest BCUT2D eigenvalue weighted by atomic mass is 32.2. The van der Waals surface area contributed by atoms with Gasteiger partial charge >= 0.3 is 0 Å². The summed E-state index contributed by atoms with van der Waals surface area (Å²) in [6, 6.07) is 12.7. The van der Waals surface area contributed by atoms with Crippen LogP contribution in [0.5, 0.6) is 0 Å². The van der Waals surface area contributed by atoms with E-state index in [0.29, 0.717) is 0 Å². The van der Waals surface area contributed by atoms with Crippen molar-refractivity contribution in [3.63, 3.8) is 0 Å². The number of benzene rings is 1. The van der Waals surface area contributed by atoms with E-state index in [1.54, 1.807) is 23.4 Å². The minimum absolute atomic E-state index is 0.124. The fraction of sp³-hybridized carbons (Fsp3) is 0.312. The molecular weight excluding hydrogens is 332 g/mol. The number of carbonyl (C=O) groups is 1. The van der Waals surface area contributed by atoms with E-state index in [1.165, 1.54) is 13.1 Å². The quantitative estimate of drug-likeness (QED) is 0.803. The van der Waals surface area contributed by atoms with Gasteiger partial charge in [-0.05, 0) is 23.9 Å². The van der Waals surface area contributed by atoms with Gasteiger partial charge in [-0.3, -0.25) is 4.79 Å². The Kier molecular flexibility index (Phi) is 5.56. The van der Waals surface area contributed by atoms with Gasteiger partial charge in [0.2, 0.25) is 5.91 Å². The first kappa shape index (κ1) is 17.7. The number of amides is 1. The molecular formula is C16H20N2O3S2. The zero-order valence-corrected chi connectivity index (χ0v) is 15.0. The molecule has 0 saturated heterocycles. The van der Waals surface area contributed by atoms with Crippen LogP contribution in [0.15, 0.2) is 52.1 Å². The lowest BCUT2D eigenvalue weighted by Gasteiger charge is -2.27. The van der Waals surface area contributed by atoms with E-state index in [1.807, 2.05) is 37.3 Å². The van der Waals surface area contributed by atoms with E-state index >= 15 is 0 Å².